The molecule has 0 aliphatic heterocycles. The number of pyridine rings is 1. The summed E-state index contributed by atoms with van der Waals surface area (Å²) in [6, 6.07) is 12.9. The summed E-state index contributed by atoms with van der Waals surface area (Å²) in [4.78, 5) is 21.1. The number of hydrogen-bond donors (Lipinski definition) is 1. The molecule has 0 saturated carbocycles. The maximum atomic E-state index is 12.6. The third-order valence-corrected chi connectivity index (χ3v) is 4.28. The zero-order valence-electron chi connectivity index (χ0n) is 15.5. The monoisotopic (exact) mass is 374 g/mol. The number of aromatic nitrogens is 3. The van der Waals surface area contributed by atoms with Crippen molar-refractivity contribution in [2.75, 3.05) is 5.32 Å². The van der Waals surface area contributed by atoms with E-state index < -0.39 is 0 Å². The highest BCUT2D eigenvalue weighted by Crippen LogP contribution is 2.22. The molecule has 0 bridgehead atoms. The van der Waals surface area contributed by atoms with Crippen molar-refractivity contribution in [2.45, 2.75) is 20.3 Å². The predicted octanol–water partition coefficient (Wildman–Crippen LogP) is 4.18. The summed E-state index contributed by atoms with van der Waals surface area (Å²) in [6.45, 7) is 3.58. The quantitative estimate of drug-likeness (QED) is 0.563. The molecule has 3 aromatic heterocycles. The van der Waals surface area contributed by atoms with Gasteiger partial charge in [0.1, 0.15) is 11.5 Å². The number of nitrogens with one attached hydrogen (secondary N) is 1. The fourth-order valence-electron chi connectivity index (χ4n) is 2.94. The average Bonchev–Trinajstić information content (AvgIpc) is 3.30. The molecule has 4 aromatic rings. The van der Waals surface area contributed by atoms with Crippen LogP contribution in [0.2, 0.25) is 0 Å². The van der Waals surface area contributed by atoms with Gasteiger partial charge in [0, 0.05) is 23.6 Å². The standard InChI is InChI=1S/C21H18N4O3/c1-13-10-17(14(2)27-13)21(26)23-18-8-4-3-6-15(18)11-19-24-20(25-28-19)16-7-5-9-22-12-16/h3-10,12H,11H2,1-2H3,(H,23,26). The summed E-state index contributed by atoms with van der Waals surface area (Å²) in [5.41, 5.74) is 2.86. The maximum Gasteiger partial charge on any atom is 0.259 e. The Balaban J connectivity index is 1.54. The highest BCUT2D eigenvalue weighted by atomic mass is 16.5. The lowest BCUT2D eigenvalue weighted by atomic mass is 10.1. The number of furan rings is 1. The Morgan fingerprint density at radius 2 is 2.00 bits per heavy atom. The lowest BCUT2D eigenvalue weighted by Crippen LogP contribution is -2.13. The molecule has 1 amide bonds. The summed E-state index contributed by atoms with van der Waals surface area (Å²) in [6.07, 6.45) is 3.76. The Labute approximate surface area is 161 Å². The molecule has 0 saturated heterocycles. The van der Waals surface area contributed by atoms with Gasteiger partial charge in [0.2, 0.25) is 11.7 Å². The second-order valence-electron chi connectivity index (χ2n) is 6.37. The summed E-state index contributed by atoms with van der Waals surface area (Å²) >= 11 is 0. The number of anilines is 1. The molecule has 3 heterocycles. The highest BCUT2D eigenvalue weighted by molar-refractivity contribution is 6.05. The van der Waals surface area contributed by atoms with Crippen molar-refractivity contribution in [1.82, 2.24) is 15.1 Å². The first kappa shape index (κ1) is 17.7. The van der Waals surface area contributed by atoms with Crippen LogP contribution < -0.4 is 5.32 Å². The molecule has 0 spiro atoms. The molecule has 28 heavy (non-hydrogen) atoms. The van der Waals surface area contributed by atoms with Crippen LogP contribution in [-0.4, -0.2) is 21.0 Å². The molecule has 4 rings (SSSR count). The Hall–Kier alpha value is -3.74. The van der Waals surface area contributed by atoms with Crippen LogP contribution in [0, 0.1) is 13.8 Å². The van der Waals surface area contributed by atoms with Gasteiger partial charge in [-0.2, -0.15) is 4.98 Å². The molecule has 1 aromatic carbocycles. The maximum absolute atomic E-state index is 12.6. The van der Waals surface area contributed by atoms with Crippen molar-refractivity contribution in [2.24, 2.45) is 0 Å². The van der Waals surface area contributed by atoms with Gasteiger partial charge in [-0.25, -0.2) is 0 Å². The van der Waals surface area contributed by atoms with Gasteiger partial charge in [0.15, 0.2) is 0 Å². The highest BCUT2D eigenvalue weighted by Gasteiger charge is 2.16. The number of rotatable bonds is 5. The van der Waals surface area contributed by atoms with Crippen molar-refractivity contribution in [3.63, 3.8) is 0 Å². The van der Waals surface area contributed by atoms with Crippen LogP contribution in [0.5, 0.6) is 0 Å². The fraction of sp³-hybridized carbons (Fsp3) is 0.143. The molecule has 0 radical (unpaired) electrons. The van der Waals surface area contributed by atoms with Gasteiger partial charge in [-0.05, 0) is 43.7 Å². The van der Waals surface area contributed by atoms with Crippen LogP contribution in [0.15, 0.2) is 63.8 Å². The van der Waals surface area contributed by atoms with E-state index in [0.29, 0.717) is 40.9 Å². The zero-order valence-corrected chi connectivity index (χ0v) is 15.5. The first-order valence-corrected chi connectivity index (χ1v) is 8.79. The van der Waals surface area contributed by atoms with Gasteiger partial charge >= 0.3 is 0 Å². The smallest absolute Gasteiger partial charge is 0.259 e. The van der Waals surface area contributed by atoms with Crippen LogP contribution in [0.4, 0.5) is 5.69 Å². The van der Waals surface area contributed by atoms with Gasteiger partial charge in [0.05, 0.1) is 12.0 Å². The minimum Gasteiger partial charge on any atom is -0.466 e. The lowest BCUT2D eigenvalue weighted by molar-refractivity contribution is 0.102. The van der Waals surface area contributed by atoms with E-state index in [9.17, 15) is 4.79 Å². The second-order valence-corrected chi connectivity index (χ2v) is 6.37. The van der Waals surface area contributed by atoms with E-state index in [1.807, 2.05) is 43.3 Å². The molecular formula is C21H18N4O3. The van der Waals surface area contributed by atoms with Crippen molar-refractivity contribution < 1.29 is 13.7 Å². The van der Waals surface area contributed by atoms with Crippen LogP contribution in [0.3, 0.4) is 0 Å². The molecule has 0 unspecified atom stereocenters. The van der Waals surface area contributed by atoms with Crippen LogP contribution in [-0.2, 0) is 6.42 Å². The number of para-hydroxylation sites is 1. The molecule has 1 N–H and O–H groups in total. The third kappa shape index (κ3) is 3.68. The van der Waals surface area contributed by atoms with Crippen LogP contribution in [0.1, 0.15) is 33.3 Å². The van der Waals surface area contributed by atoms with E-state index >= 15 is 0 Å². The van der Waals surface area contributed by atoms with Gasteiger partial charge < -0.3 is 14.3 Å². The molecule has 0 fully saturated rings. The minimum absolute atomic E-state index is 0.219. The first-order chi connectivity index (χ1) is 13.6. The Kier molecular flexibility index (Phi) is 4.72. The van der Waals surface area contributed by atoms with Gasteiger partial charge in [0.25, 0.3) is 5.91 Å². The molecule has 0 atom stereocenters. The molecule has 0 aliphatic carbocycles. The Morgan fingerprint density at radius 3 is 2.75 bits per heavy atom. The van der Waals surface area contributed by atoms with E-state index in [2.05, 4.69) is 20.4 Å². The first-order valence-electron chi connectivity index (χ1n) is 8.79. The summed E-state index contributed by atoms with van der Waals surface area (Å²) in [5.74, 6) is 2.00. The topological polar surface area (TPSA) is 94.1 Å². The molecule has 140 valence electrons. The second kappa shape index (κ2) is 7.48. The summed E-state index contributed by atoms with van der Waals surface area (Å²) < 4.78 is 10.8. The number of carbonyl (C=O) groups excluding carboxylic acids is 1. The number of aryl methyl sites for hydroxylation is 2. The number of amides is 1. The van der Waals surface area contributed by atoms with Crippen molar-refractivity contribution >= 4 is 11.6 Å². The number of hydrogen-bond acceptors (Lipinski definition) is 6. The summed E-state index contributed by atoms with van der Waals surface area (Å²) in [5, 5.41) is 6.95. The zero-order chi connectivity index (χ0) is 19.5. The normalized spacial score (nSPS) is 10.8. The van der Waals surface area contributed by atoms with Gasteiger partial charge in [-0.15, -0.1) is 0 Å². The van der Waals surface area contributed by atoms with E-state index in [1.54, 1.807) is 25.4 Å². The number of nitrogens with zero attached hydrogens (tertiary/aromatic N) is 3. The lowest BCUT2D eigenvalue weighted by Gasteiger charge is -2.09. The third-order valence-electron chi connectivity index (χ3n) is 4.28. The largest absolute Gasteiger partial charge is 0.466 e. The SMILES string of the molecule is Cc1cc(C(=O)Nc2ccccc2Cc2nc(-c3cccnc3)no2)c(C)o1. The Bertz CT molecular complexity index is 1120. The van der Waals surface area contributed by atoms with Crippen LogP contribution in [0.25, 0.3) is 11.4 Å². The Morgan fingerprint density at radius 1 is 1.14 bits per heavy atom. The van der Waals surface area contributed by atoms with Crippen molar-refractivity contribution in [3.05, 3.63) is 83.4 Å². The number of benzene rings is 1. The van der Waals surface area contributed by atoms with Gasteiger partial charge in [-0.3, -0.25) is 9.78 Å². The molecular weight excluding hydrogens is 356 g/mol. The average molecular weight is 374 g/mol. The predicted molar refractivity (Wildman–Crippen MR) is 103 cm³/mol. The van der Waals surface area contributed by atoms with Crippen molar-refractivity contribution in [3.8, 4) is 11.4 Å². The fourth-order valence-corrected chi connectivity index (χ4v) is 2.94. The molecule has 7 nitrogen and oxygen atoms in total. The minimum atomic E-state index is -0.219. The van der Waals surface area contributed by atoms with E-state index in [0.717, 1.165) is 11.1 Å². The molecule has 7 heteroatoms. The van der Waals surface area contributed by atoms with Crippen molar-refractivity contribution in [1.29, 1.82) is 0 Å². The van der Waals surface area contributed by atoms with E-state index in [-0.39, 0.29) is 5.91 Å². The summed E-state index contributed by atoms with van der Waals surface area (Å²) in [7, 11) is 0. The molecule has 0 aliphatic rings. The van der Waals surface area contributed by atoms with E-state index in [1.165, 1.54) is 0 Å². The van der Waals surface area contributed by atoms with E-state index in [4.69, 9.17) is 8.94 Å². The van der Waals surface area contributed by atoms with Gasteiger partial charge in [-0.1, -0.05) is 23.4 Å². The number of carbonyl (C=O) groups is 1. The van der Waals surface area contributed by atoms with Crippen LogP contribution >= 0.6 is 0 Å².